The van der Waals surface area contributed by atoms with Crippen molar-refractivity contribution >= 4 is 18.0 Å². The van der Waals surface area contributed by atoms with Crippen molar-refractivity contribution < 1.29 is 14.4 Å². The third-order valence-corrected chi connectivity index (χ3v) is 8.81. The van der Waals surface area contributed by atoms with Gasteiger partial charge >= 0.3 is 0 Å². The molecular weight excluding hydrogens is 314 g/mol. The number of rotatable bonds is 3. The van der Waals surface area contributed by atoms with Crippen LogP contribution in [0.3, 0.4) is 0 Å². The number of nitrogens with one attached hydrogen (secondary N) is 1. The van der Waals surface area contributed by atoms with Crippen molar-refractivity contribution in [3.8, 4) is 0 Å². The molecule has 0 bridgehead atoms. The van der Waals surface area contributed by atoms with E-state index in [1.807, 2.05) is 0 Å². The second-order valence-electron chi connectivity index (χ2n) is 9.67. The van der Waals surface area contributed by atoms with Crippen molar-refractivity contribution in [1.82, 2.24) is 5.32 Å². The Hall–Kier alpha value is -1.19. The van der Waals surface area contributed by atoms with Crippen LogP contribution >= 0.6 is 0 Å². The summed E-state index contributed by atoms with van der Waals surface area (Å²) in [5, 5.41) is 2.74. The molecule has 0 spiro atoms. The van der Waals surface area contributed by atoms with E-state index in [2.05, 4.69) is 19.2 Å². The molecule has 4 nitrogen and oxygen atoms in total. The molecule has 4 aliphatic rings. The number of carbonyl (C=O) groups excluding carboxylic acids is 3. The molecule has 0 heterocycles. The van der Waals surface area contributed by atoms with Gasteiger partial charge in [0.2, 0.25) is 6.41 Å². The highest BCUT2D eigenvalue weighted by Gasteiger charge is 2.61. The molecule has 1 N–H and O–H groups in total. The Morgan fingerprint density at radius 1 is 1.12 bits per heavy atom. The molecular formula is C21H31NO3. The molecule has 4 rings (SSSR count). The van der Waals surface area contributed by atoms with E-state index in [0.29, 0.717) is 54.6 Å². The van der Waals surface area contributed by atoms with Gasteiger partial charge in [-0.2, -0.15) is 0 Å². The van der Waals surface area contributed by atoms with E-state index in [0.717, 1.165) is 38.5 Å². The van der Waals surface area contributed by atoms with Gasteiger partial charge in [0.15, 0.2) is 0 Å². The zero-order valence-electron chi connectivity index (χ0n) is 15.6. The molecule has 7 atom stereocenters. The second-order valence-corrected chi connectivity index (χ2v) is 9.67. The van der Waals surface area contributed by atoms with Gasteiger partial charge in [0.05, 0.1) is 0 Å². The van der Waals surface area contributed by atoms with Crippen LogP contribution in [0.5, 0.6) is 0 Å². The largest absolute Gasteiger partial charge is 0.358 e. The lowest BCUT2D eigenvalue weighted by molar-refractivity contribution is -0.149. The van der Waals surface area contributed by atoms with Gasteiger partial charge in [0, 0.05) is 30.7 Å². The van der Waals surface area contributed by atoms with Gasteiger partial charge in [-0.1, -0.05) is 13.8 Å². The lowest BCUT2D eigenvalue weighted by Gasteiger charge is -2.60. The summed E-state index contributed by atoms with van der Waals surface area (Å²) < 4.78 is 0. The maximum absolute atomic E-state index is 12.5. The first-order chi connectivity index (χ1) is 11.9. The van der Waals surface area contributed by atoms with Gasteiger partial charge in [-0.3, -0.25) is 14.4 Å². The summed E-state index contributed by atoms with van der Waals surface area (Å²) in [7, 11) is 0. The standard InChI is InChI=1S/C21H31NO3/c1-20-8-7-17-15(16(20)5-6-19(20)25)4-3-14-9-18(24)13(11-22-12-23)10-21(14,17)2/h12-17H,3-11H2,1-2H3,(H,22,23)/t13?,14?,15-,16-,17-,20-,21-/m0/s1. The highest BCUT2D eigenvalue weighted by atomic mass is 16.1. The number of ketones is 2. The van der Waals surface area contributed by atoms with Gasteiger partial charge in [0.1, 0.15) is 11.6 Å². The molecule has 0 aromatic rings. The summed E-state index contributed by atoms with van der Waals surface area (Å²) in [5.41, 5.74) is 0.117. The van der Waals surface area contributed by atoms with Crippen molar-refractivity contribution in [2.45, 2.75) is 65.2 Å². The van der Waals surface area contributed by atoms with E-state index in [4.69, 9.17) is 0 Å². The summed E-state index contributed by atoms with van der Waals surface area (Å²) in [6.45, 7) is 5.12. The van der Waals surface area contributed by atoms with Gasteiger partial charge < -0.3 is 5.32 Å². The zero-order valence-corrected chi connectivity index (χ0v) is 15.6. The summed E-state index contributed by atoms with van der Waals surface area (Å²) in [4.78, 5) is 35.7. The fraction of sp³-hybridized carbons (Fsp3) is 0.857. The zero-order chi connectivity index (χ0) is 17.8. The number of amides is 1. The monoisotopic (exact) mass is 345 g/mol. The van der Waals surface area contributed by atoms with Crippen LogP contribution in [0.15, 0.2) is 0 Å². The van der Waals surface area contributed by atoms with Gasteiger partial charge in [-0.15, -0.1) is 0 Å². The van der Waals surface area contributed by atoms with Crippen LogP contribution < -0.4 is 5.32 Å². The Bertz CT molecular complexity index is 602. The van der Waals surface area contributed by atoms with Crippen LogP contribution in [-0.4, -0.2) is 24.5 Å². The molecule has 1 amide bonds. The van der Waals surface area contributed by atoms with E-state index in [1.165, 1.54) is 6.42 Å². The SMILES string of the molecule is C[C@]12CC(CNC=O)C(=O)CC1CC[C@@H]1[C@@H]2CC[C@]2(C)C(=O)CC[C@@H]12. The first-order valence-electron chi connectivity index (χ1n) is 10.1. The lowest BCUT2D eigenvalue weighted by atomic mass is 9.44. The van der Waals surface area contributed by atoms with Gasteiger partial charge in [-0.25, -0.2) is 0 Å². The summed E-state index contributed by atoms with van der Waals surface area (Å²) in [6, 6.07) is 0. The third-order valence-electron chi connectivity index (χ3n) is 8.81. The van der Waals surface area contributed by atoms with Crippen LogP contribution in [0.4, 0.5) is 0 Å². The summed E-state index contributed by atoms with van der Waals surface area (Å²) in [5.74, 6) is 3.16. The minimum atomic E-state index is -0.0761. The van der Waals surface area contributed by atoms with Crippen LogP contribution in [0.25, 0.3) is 0 Å². The quantitative estimate of drug-likeness (QED) is 0.799. The molecule has 138 valence electrons. The molecule has 0 aliphatic heterocycles. The first kappa shape index (κ1) is 17.2. The van der Waals surface area contributed by atoms with E-state index in [9.17, 15) is 14.4 Å². The van der Waals surface area contributed by atoms with Gasteiger partial charge in [-0.05, 0) is 67.6 Å². The van der Waals surface area contributed by atoms with Crippen LogP contribution in [0.1, 0.15) is 65.2 Å². The molecule has 4 heteroatoms. The molecule has 0 saturated heterocycles. The van der Waals surface area contributed by atoms with E-state index in [-0.39, 0.29) is 16.7 Å². The number of hydrogen-bond acceptors (Lipinski definition) is 3. The van der Waals surface area contributed by atoms with Crippen molar-refractivity contribution in [3.63, 3.8) is 0 Å². The Morgan fingerprint density at radius 3 is 2.68 bits per heavy atom. The number of carbonyl (C=O) groups is 3. The molecule has 0 aromatic carbocycles. The van der Waals surface area contributed by atoms with Crippen molar-refractivity contribution in [3.05, 3.63) is 0 Å². The number of fused-ring (bicyclic) bond motifs is 5. The fourth-order valence-corrected chi connectivity index (χ4v) is 7.39. The number of hydrogen-bond donors (Lipinski definition) is 1. The molecule has 4 fully saturated rings. The van der Waals surface area contributed by atoms with E-state index < -0.39 is 0 Å². The number of Topliss-reactive ketones (excluding diaryl/α,β-unsaturated/α-hetero) is 2. The molecule has 0 aromatic heterocycles. The predicted molar refractivity (Wildman–Crippen MR) is 94.7 cm³/mol. The highest BCUT2D eigenvalue weighted by molar-refractivity contribution is 5.87. The Kier molecular flexibility index (Phi) is 4.08. The Balaban J connectivity index is 1.60. The average Bonchev–Trinajstić information content (AvgIpc) is 2.89. The first-order valence-corrected chi connectivity index (χ1v) is 10.1. The molecule has 4 aliphatic carbocycles. The molecule has 2 unspecified atom stereocenters. The third kappa shape index (κ3) is 2.43. The van der Waals surface area contributed by atoms with Crippen LogP contribution in [-0.2, 0) is 14.4 Å². The second kappa shape index (κ2) is 5.92. The van der Waals surface area contributed by atoms with E-state index in [1.54, 1.807) is 0 Å². The maximum atomic E-state index is 12.5. The summed E-state index contributed by atoms with van der Waals surface area (Å²) >= 11 is 0. The normalized spacial score (nSPS) is 49.1. The summed E-state index contributed by atoms with van der Waals surface area (Å²) in [6.07, 6.45) is 8.66. The molecule has 4 saturated carbocycles. The average molecular weight is 345 g/mol. The molecule has 25 heavy (non-hydrogen) atoms. The maximum Gasteiger partial charge on any atom is 0.207 e. The van der Waals surface area contributed by atoms with Crippen molar-refractivity contribution in [2.75, 3.05) is 6.54 Å². The topological polar surface area (TPSA) is 63.2 Å². The van der Waals surface area contributed by atoms with Crippen LogP contribution in [0, 0.1) is 40.4 Å². The minimum absolute atomic E-state index is 0.0243. The van der Waals surface area contributed by atoms with Crippen molar-refractivity contribution in [1.29, 1.82) is 0 Å². The predicted octanol–water partition coefficient (Wildman–Crippen LogP) is 3.14. The Labute approximate surface area is 150 Å². The molecule has 0 radical (unpaired) electrons. The van der Waals surface area contributed by atoms with Crippen LogP contribution in [0.2, 0.25) is 0 Å². The lowest BCUT2D eigenvalue weighted by Crippen LogP contribution is -2.55. The minimum Gasteiger partial charge on any atom is -0.358 e. The highest BCUT2D eigenvalue weighted by Crippen LogP contribution is 2.65. The smallest absolute Gasteiger partial charge is 0.207 e. The fourth-order valence-electron chi connectivity index (χ4n) is 7.39. The Morgan fingerprint density at radius 2 is 1.92 bits per heavy atom. The van der Waals surface area contributed by atoms with Crippen molar-refractivity contribution in [2.24, 2.45) is 40.4 Å². The van der Waals surface area contributed by atoms with E-state index >= 15 is 0 Å². The van der Waals surface area contributed by atoms with Gasteiger partial charge in [0.25, 0.3) is 0 Å².